The zero-order chi connectivity index (χ0) is 24.8. The van der Waals surface area contributed by atoms with Gasteiger partial charge in [0.15, 0.2) is 23.2 Å². The van der Waals surface area contributed by atoms with Crippen LogP contribution in [0.3, 0.4) is 0 Å². The van der Waals surface area contributed by atoms with E-state index in [1.54, 1.807) is 85.8 Å². The van der Waals surface area contributed by atoms with Crippen LogP contribution < -0.4 is 9.47 Å². The molecule has 0 amide bonds. The van der Waals surface area contributed by atoms with Gasteiger partial charge < -0.3 is 9.47 Å². The summed E-state index contributed by atoms with van der Waals surface area (Å²) in [4.78, 5) is 0. The summed E-state index contributed by atoms with van der Waals surface area (Å²) in [5.74, 6) is -1.32. The summed E-state index contributed by atoms with van der Waals surface area (Å²) in [5, 5.41) is 0. The van der Waals surface area contributed by atoms with E-state index in [4.69, 9.17) is 9.47 Å². The lowest BCUT2D eigenvalue weighted by atomic mass is 9.98. The van der Waals surface area contributed by atoms with Crippen molar-refractivity contribution in [2.75, 3.05) is 13.2 Å². The maximum Gasteiger partial charge on any atom is 0.167 e. The fourth-order valence-corrected chi connectivity index (χ4v) is 3.75. The molecule has 5 heteroatoms. The second-order valence-electron chi connectivity index (χ2n) is 7.82. The van der Waals surface area contributed by atoms with Crippen LogP contribution in [0.4, 0.5) is 13.2 Å². The fourth-order valence-electron chi connectivity index (χ4n) is 3.75. The standard InChI is InChI=1S/C30H25F3O2/c1-3-34-24-14-12-23(13-15-24)26-17-16-25(29(32)30(26)33)22-10-7-20(8-11-22)5-6-21-9-18-28(35-4-2)27(31)19-21/h5-19H,3-4H2,1-2H3/b6-5+. The molecule has 0 N–H and O–H groups in total. The third kappa shape index (κ3) is 5.57. The van der Waals surface area contributed by atoms with Gasteiger partial charge in [-0.25, -0.2) is 13.2 Å². The molecule has 4 rings (SSSR count). The maximum absolute atomic E-state index is 15.0. The molecule has 0 spiro atoms. The zero-order valence-electron chi connectivity index (χ0n) is 19.5. The smallest absolute Gasteiger partial charge is 0.167 e. The molecule has 0 atom stereocenters. The van der Waals surface area contributed by atoms with E-state index in [2.05, 4.69) is 0 Å². The van der Waals surface area contributed by atoms with Crippen molar-refractivity contribution in [2.45, 2.75) is 13.8 Å². The topological polar surface area (TPSA) is 18.5 Å². The van der Waals surface area contributed by atoms with Gasteiger partial charge in [-0.15, -0.1) is 0 Å². The molecular weight excluding hydrogens is 449 g/mol. The Morgan fingerprint density at radius 1 is 0.600 bits per heavy atom. The molecule has 0 aliphatic carbocycles. The van der Waals surface area contributed by atoms with Crippen LogP contribution >= 0.6 is 0 Å². The van der Waals surface area contributed by atoms with Crippen LogP contribution in [0.5, 0.6) is 11.5 Å². The van der Waals surface area contributed by atoms with Crippen molar-refractivity contribution in [3.63, 3.8) is 0 Å². The van der Waals surface area contributed by atoms with Gasteiger partial charge in [0.1, 0.15) is 5.75 Å². The van der Waals surface area contributed by atoms with E-state index in [1.807, 2.05) is 13.0 Å². The van der Waals surface area contributed by atoms with Crippen molar-refractivity contribution in [3.8, 4) is 33.8 Å². The zero-order valence-corrected chi connectivity index (χ0v) is 19.5. The van der Waals surface area contributed by atoms with Crippen molar-refractivity contribution in [1.29, 1.82) is 0 Å². The summed E-state index contributed by atoms with van der Waals surface area (Å²) in [6.45, 7) is 4.61. The quantitative estimate of drug-likeness (QED) is 0.239. The van der Waals surface area contributed by atoms with E-state index < -0.39 is 17.5 Å². The molecule has 0 aliphatic heterocycles. The summed E-state index contributed by atoms with van der Waals surface area (Å²) in [6.07, 6.45) is 3.60. The number of ether oxygens (including phenoxy) is 2. The van der Waals surface area contributed by atoms with Crippen molar-refractivity contribution in [2.24, 2.45) is 0 Å². The van der Waals surface area contributed by atoms with Gasteiger partial charge in [0, 0.05) is 11.1 Å². The molecule has 0 bridgehead atoms. The van der Waals surface area contributed by atoms with E-state index in [1.165, 1.54) is 6.07 Å². The predicted octanol–water partition coefficient (Wildman–Crippen LogP) is 8.41. The van der Waals surface area contributed by atoms with E-state index in [9.17, 15) is 13.2 Å². The molecule has 35 heavy (non-hydrogen) atoms. The second kappa shape index (κ2) is 11.0. The third-order valence-corrected chi connectivity index (χ3v) is 5.50. The summed E-state index contributed by atoms with van der Waals surface area (Å²) in [7, 11) is 0. The molecule has 4 aromatic rings. The molecular formula is C30H25F3O2. The molecule has 0 fully saturated rings. The molecule has 0 aliphatic rings. The molecule has 0 saturated carbocycles. The number of halogens is 3. The number of hydrogen-bond acceptors (Lipinski definition) is 2. The highest BCUT2D eigenvalue weighted by molar-refractivity contribution is 5.75. The first-order valence-electron chi connectivity index (χ1n) is 11.4. The Kier molecular flexibility index (Phi) is 7.56. The van der Waals surface area contributed by atoms with Gasteiger partial charge in [-0.05, 0) is 60.4 Å². The van der Waals surface area contributed by atoms with Crippen molar-refractivity contribution in [1.82, 2.24) is 0 Å². The van der Waals surface area contributed by atoms with Gasteiger partial charge in [-0.3, -0.25) is 0 Å². The average Bonchev–Trinajstić information content (AvgIpc) is 2.87. The third-order valence-electron chi connectivity index (χ3n) is 5.50. The Morgan fingerprint density at radius 3 is 1.66 bits per heavy atom. The Hall–Kier alpha value is -3.99. The van der Waals surface area contributed by atoms with Crippen LogP contribution in [0, 0.1) is 17.5 Å². The lowest BCUT2D eigenvalue weighted by molar-refractivity contribution is 0.321. The van der Waals surface area contributed by atoms with Crippen LogP contribution in [-0.4, -0.2) is 13.2 Å². The van der Waals surface area contributed by atoms with Gasteiger partial charge >= 0.3 is 0 Å². The van der Waals surface area contributed by atoms with Gasteiger partial charge in [0.05, 0.1) is 13.2 Å². The largest absolute Gasteiger partial charge is 0.494 e. The fraction of sp³-hybridized carbons (Fsp3) is 0.133. The van der Waals surface area contributed by atoms with Crippen molar-refractivity contribution >= 4 is 12.2 Å². The number of rotatable bonds is 8. The Balaban J connectivity index is 1.52. The Bertz CT molecular complexity index is 1330. The van der Waals surface area contributed by atoms with Gasteiger partial charge in [0.25, 0.3) is 0 Å². The van der Waals surface area contributed by atoms with Crippen LogP contribution in [0.1, 0.15) is 25.0 Å². The molecule has 0 radical (unpaired) electrons. The van der Waals surface area contributed by atoms with E-state index in [0.29, 0.717) is 35.7 Å². The normalized spacial score (nSPS) is 11.1. The first kappa shape index (κ1) is 24.1. The van der Waals surface area contributed by atoms with E-state index in [-0.39, 0.29) is 16.9 Å². The van der Waals surface area contributed by atoms with Crippen LogP contribution in [0.2, 0.25) is 0 Å². The molecule has 178 valence electrons. The van der Waals surface area contributed by atoms with Crippen LogP contribution in [-0.2, 0) is 0 Å². The van der Waals surface area contributed by atoms with E-state index in [0.717, 1.165) is 5.56 Å². The maximum atomic E-state index is 15.0. The Morgan fingerprint density at radius 2 is 1.11 bits per heavy atom. The summed E-state index contributed by atoms with van der Waals surface area (Å²) >= 11 is 0. The Labute approximate surface area is 203 Å². The molecule has 0 heterocycles. The molecule has 0 aromatic heterocycles. The monoisotopic (exact) mass is 474 g/mol. The number of hydrogen-bond donors (Lipinski definition) is 0. The predicted molar refractivity (Wildman–Crippen MR) is 135 cm³/mol. The molecule has 4 aromatic carbocycles. The lowest BCUT2D eigenvalue weighted by Crippen LogP contribution is -1.95. The van der Waals surface area contributed by atoms with Crippen LogP contribution in [0.15, 0.2) is 78.9 Å². The highest BCUT2D eigenvalue weighted by Gasteiger charge is 2.16. The minimum Gasteiger partial charge on any atom is -0.494 e. The van der Waals surface area contributed by atoms with E-state index >= 15 is 0 Å². The summed E-state index contributed by atoms with van der Waals surface area (Å²) < 4.78 is 54.5. The van der Waals surface area contributed by atoms with Crippen LogP contribution in [0.25, 0.3) is 34.4 Å². The highest BCUT2D eigenvalue weighted by atomic mass is 19.2. The average molecular weight is 475 g/mol. The first-order chi connectivity index (χ1) is 17.0. The summed E-state index contributed by atoms with van der Waals surface area (Å²) in [5.41, 5.74) is 3.03. The SMILES string of the molecule is CCOc1ccc(-c2ccc(-c3ccc(/C=C/c4ccc(OCC)c(F)c4)cc3)c(F)c2F)cc1. The number of benzene rings is 4. The summed E-state index contributed by atoms with van der Waals surface area (Å²) in [6, 6.07) is 21.9. The second-order valence-corrected chi connectivity index (χ2v) is 7.82. The lowest BCUT2D eigenvalue weighted by Gasteiger charge is -2.10. The van der Waals surface area contributed by atoms with Gasteiger partial charge in [0.2, 0.25) is 0 Å². The molecule has 0 saturated heterocycles. The van der Waals surface area contributed by atoms with Gasteiger partial charge in [-0.1, -0.05) is 66.7 Å². The highest BCUT2D eigenvalue weighted by Crippen LogP contribution is 2.32. The van der Waals surface area contributed by atoms with Crippen molar-refractivity contribution in [3.05, 3.63) is 107 Å². The minimum atomic E-state index is -0.899. The van der Waals surface area contributed by atoms with Crippen molar-refractivity contribution < 1.29 is 22.6 Å². The minimum absolute atomic E-state index is 0.182. The van der Waals surface area contributed by atoms with Gasteiger partial charge in [-0.2, -0.15) is 0 Å². The molecule has 0 unspecified atom stereocenters. The first-order valence-corrected chi connectivity index (χ1v) is 11.4. The molecule has 2 nitrogen and oxygen atoms in total.